The van der Waals surface area contributed by atoms with E-state index >= 15 is 0 Å². The van der Waals surface area contributed by atoms with Gasteiger partial charge in [0, 0.05) is 11.6 Å². The Bertz CT molecular complexity index is 370. The van der Waals surface area contributed by atoms with E-state index in [0.29, 0.717) is 12.3 Å². The first kappa shape index (κ1) is 16.6. The number of nitrogens with two attached hydrogens (primary N) is 1. The summed E-state index contributed by atoms with van der Waals surface area (Å²) in [6.45, 7) is 4.10. The first-order valence-electron chi connectivity index (χ1n) is 5.32. The molecule has 1 rings (SSSR count). The molecule has 0 aromatic heterocycles. The summed E-state index contributed by atoms with van der Waals surface area (Å²) in [5.41, 5.74) is 5.91. The van der Waals surface area contributed by atoms with Gasteiger partial charge < -0.3 is 5.73 Å². The lowest BCUT2D eigenvalue weighted by molar-refractivity contribution is 0.487. The number of halogens is 4. The highest BCUT2D eigenvalue weighted by Gasteiger charge is 2.18. The highest BCUT2D eigenvalue weighted by Crippen LogP contribution is 2.30. The summed E-state index contributed by atoms with van der Waals surface area (Å²) < 4.78 is 26.6. The SMILES string of the molecule is CC(C)CC[C@@H](N)c1c(F)ccc(F)c1Cl.Cl. The van der Waals surface area contributed by atoms with Gasteiger partial charge >= 0.3 is 0 Å². The topological polar surface area (TPSA) is 26.0 Å². The van der Waals surface area contributed by atoms with Gasteiger partial charge in [-0.3, -0.25) is 0 Å². The standard InChI is InChI=1S/C12H16ClF2N.ClH/c1-7(2)3-6-10(16)11-8(14)4-5-9(15)12(11)13;/h4-5,7,10H,3,6,16H2,1-2H3;1H/t10-;/m1./s1. The van der Waals surface area contributed by atoms with Crippen molar-refractivity contribution in [2.24, 2.45) is 11.7 Å². The van der Waals surface area contributed by atoms with Gasteiger partial charge in [0.2, 0.25) is 0 Å². The van der Waals surface area contributed by atoms with Gasteiger partial charge in [-0.2, -0.15) is 0 Å². The van der Waals surface area contributed by atoms with Crippen molar-refractivity contribution in [3.05, 3.63) is 34.4 Å². The van der Waals surface area contributed by atoms with Crippen LogP contribution in [-0.4, -0.2) is 0 Å². The average molecular weight is 284 g/mol. The van der Waals surface area contributed by atoms with Crippen molar-refractivity contribution in [2.45, 2.75) is 32.7 Å². The number of hydrogen-bond acceptors (Lipinski definition) is 1. The maximum absolute atomic E-state index is 13.5. The van der Waals surface area contributed by atoms with Gasteiger partial charge in [0.05, 0.1) is 5.02 Å². The molecular weight excluding hydrogens is 267 g/mol. The molecule has 0 saturated heterocycles. The largest absolute Gasteiger partial charge is 0.324 e. The first-order chi connectivity index (χ1) is 7.43. The maximum Gasteiger partial charge on any atom is 0.142 e. The Balaban J connectivity index is 0.00000256. The lowest BCUT2D eigenvalue weighted by Gasteiger charge is -2.16. The Labute approximate surface area is 112 Å². The Kier molecular flexibility index (Phi) is 6.98. The molecule has 0 saturated carbocycles. The molecule has 1 aromatic rings. The van der Waals surface area contributed by atoms with E-state index in [1.165, 1.54) is 0 Å². The number of hydrogen-bond donors (Lipinski definition) is 1. The summed E-state index contributed by atoms with van der Waals surface area (Å²) in [5, 5.41) is -0.198. The van der Waals surface area contributed by atoms with Crippen LogP contribution in [0, 0.1) is 17.6 Å². The first-order valence-corrected chi connectivity index (χ1v) is 5.70. The summed E-state index contributed by atoms with van der Waals surface area (Å²) in [6.07, 6.45) is 1.45. The van der Waals surface area contributed by atoms with Crippen LogP contribution >= 0.6 is 24.0 Å². The van der Waals surface area contributed by atoms with Gasteiger partial charge in [-0.1, -0.05) is 25.4 Å². The third-order valence-electron chi connectivity index (χ3n) is 2.51. The van der Waals surface area contributed by atoms with Gasteiger partial charge in [-0.05, 0) is 30.9 Å². The molecule has 0 aliphatic heterocycles. The highest BCUT2D eigenvalue weighted by molar-refractivity contribution is 6.31. The third-order valence-corrected chi connectivity index (χ3v) is 2.89. The molecule has 1 nitrogen and oxygen atoms in total. The minimum absolute atomic E-state index is 0. The van der Waals surface area contributed by atoms with E-state index in [-0.39, 0.29) is 23.0 Å². The van der Waals surface area contributed by atoms with Gasteiger partial charge in [0.25, 0.3) is 0 Å². The molecule has 17 heavy (non-hydrogen) atoms. The zero-order valence-corrected chi connectivity index (χ0v) is 11.4. The van der Waals surface area contributed by atoms with Crippen LogP contribution in [0.1, 0.15) is 38.3 Å². The minimum atomic E-state index is -0.627. The van der Waals surface area contributed by atoms with E-state index in [1.54, 1.807) is 0 Å². The molecule has 0 spiro atoms. The Hall–Kier alpha value is -0.380. The fourth-order valence-electron chi connectivity index (χ4n) is 1.54. The molecule has 2 N–H and O–H groups in total. The molecule has 0 heterocycles. The van der Waals surface area contributed by atoms with Crippen LogP contribution in [0.15, 0.2) is 12.1 Å². The Morgan fingerprint density at radius 2 is 1.71 bits per heavy atom. The Morgan fingerprint density at radius 1 is 1.18 bits per heavy atom. The van der Waals surface area contributed by atoms with Crippen LogP contribution < -0.4 is 5.73 Å². The van der Waals surface area contributed by atoms with Gasteiger partial charge in [0.1, 0.15) is 11.6 Å². The lowest BCUT2D eigenvalue weighted by atomic mass is 9.98. The molecule has 0 aliphatic carbocycles. The van der Waals surface area contributed by atoms with Gasteiger partial charge in [-0.15, -0.1) is 12.4 Å². The van der Waals surface area contributed by atoms with E-state index < -0.39 is 17.7 Å². The normalized spacial score (nSPS) is 12.4. The maximum atomic E-state index is 13.5. The van der Waals surface area contributed by atoms with Crippen molar-refractivity contribution in [3.8, 4) is 0 Å². The predicted molar refractivity (Wildman–Crippen MR) is 69.6 cm³/mol. The summed E-state index contributed by atoms with van der Waals surface area (Å²) >= 11 is 5.71. The van der Waals surface area contributed by atoms with Crippen molar-refractivity contribution in [1.82, 2.24) is 0 Å². The number of rotatable bonds is 4. The second-order valence-electron chi connectivity index (χ2n) is 4.33. The lowest BCUT2D eigenvalue weighted by Crippen LogP contribution is -2.14. The third kappa shape index (κ3) is 4.41. The van der Waals surface area contributed by atoms with Crippen LogP contribution in [-0.2, 0) is 0 Å². The summed E-state index contributed by atoms with van der Waals surface area (Å²) in [5.74, 6) is -0.692. The quantitative estimate of drug-likeness (QED) is 0.811. The minimum Gasteiger partial charge on any atom is -0.324 e. The van der Waals surface area contributed by atoms with E-state index in [2.05, 4.69) is 13.8 Å². The second-order valence-corrected chi connectivity index (χ2v) is 4.71. The van der Waals surface area contributed by atoms with Gasteiger partial charge in [0.15, 0.2) is 0 Å². The smallest absolute Gasteiger partial charge is 0.142 e. The predicted octanol–water partition coefficient (Wildman–Crippen LogP) is 4.48. The summed E-state index contributed by atoms with van der Waals surface area (Å²) in [7, 11) is 0. The highest BCUT2D eigenvalue weighted by atomic mass is 35.5. The van der Waals surface area contributed by atoms with E-state index in [9.17, 15) is 8.78 Å². The zero-order valence-electron chi connectivity index (χ0n) is 9.84. The molecule has 0 unspecified atom stereocenters. The second kappa shape index (κ2) is 7.14. The van der Waals surface area contributed by atoms with Crippen molar-refractivity contribution in [3.63, 3.8) is 0 Å². The van der Waals surface area contributed by atoms with Crippen molar-refractivity contribution in [2.75, 3.05) is 0 Å². The zero-order chi connectivity index (χ0) is 12.3. The fourth-order valence-corrected chi connectivity index (χ4v) is 1.83. The molecule has 0 radical (unpaired) electrons. The molecule has 1 aromatic carbocycles. The van der Waals surface area contributed by atoms with Crippen molar-refractivity contribution < 1.29 is 8.78 Å². The number of benzene rings is 1. The van der Waals surface area contributed by atoms with Crippen LogP contribution in [0.5, 0.6) is 0 Å². The van der Waals surface area contributed by atoms with Crippen LogP contribution in [0.3, 0.4) is 0 Å². The summed E-state index contributed by atoms with van der Waals surface area (Å²) in [6, 6.07) is 1.52. The van der Waals surface area contributed by atoms with Crippen molar-refractivity contribution in [1.29, 1.82) is 0 Å². The van der Waals surface area contributed by atoms with E-state index in [0.717, 1.165) is 18.6 Å². The molecule has 0 fully saturated rings. The monoisotopic (exact) mass is 283 g/mol. The summed E-state index contributed by atoms with van der Waals surface area (Å²) in [4.78, 5) is 0. The molecule has 1 atom stereocenters. The van der Waals surface area contributed by atoms with Crippen LogP contribution in [0.25, 0.3) is 0 Å². The molecule has 0 amide bonds. The van der Waals surface area contributed by atoms with E-state index in [1.807, 2.05) is 0 Å². The fraction of sp³-hybridized carbons (Fsp3) is 0.500. The molecule has 98 valence electrons. The van der Waals surface area contributed by atoms with Crippen molar-refractivity contribution >= 4 is 24.0 Å². The van der Waals surface area contributed by atoms with Crippen LogP contribution in [0.2, 0.25) is 5.02 Å². The van der Waals surface area contributed by atoms with E-state index in [4.69, 9.17) is 17.3 Å². The molecule has 5 heteroatoms. The molecule has 0 aliphatic rings. The average Bonchev–Trinajstić information content (AvgIpc) is 2.21. The molecule has 0 bridgehead atoms. The van der Waals surface area contributed by atoms with Gasteiger partial charge in [-0.25, -0.2) is 8.78 Å². The van der Waals surface area contributed by atoms with Crippen LogP contribution in [0.4, 0.5) is 8.78 Å². The Morgan fingerprint density at radius 3 is 2.24 bits per heavy atom. The molecular formula is C12H17Cl2F2N.